The van der Waals surface area contributed by atoms with Gasteiger partial charge in [-0.15, -0.1) is 11.8 Å². The summed E-state index contributed by atoms with van der Waals surface area (Å²) in [4.78, 5) is 39.0. The van der Waals surface area contributed by atoms with Crippen molar-refractivity contribution in [2.45, 2.75) is 27.3 Å². The number of ether oxygens (including phenoxy) is 3. The van der Waals surface area contributed by atoms with Gasteiger partial charge in [0.15, 0.2) is 0 Å². The molecule has 0 aliphatic carbocycles. The molecule has 1 aromatic heterocycles. The fourth-order valence-corrected chi connectivity index (χ4v) is 4.28. The Morgan fingerprint density at radius 3 is 2.29 bits per heavy atom. The summed E-state index contributed by atoms with van der Waals surface area (Å²) < 4.78 is 17.2. The van der Waals surface area contributed by atoms with Crippen LogP contribution in [0.1, 0.15) is 47.2 Å². The molecule has 8 nitrogen and oxygen atoms in total. The normalized spacial score (nSPS) is 13.1. The molecular weight excluding hydrogens is 456 g/mol. The Hall–Kier alpha value is -3.46. The smallest absolute Gasteiger partial charge is 0.355 e. The highest BCUT2D eigenvalue weighted by Gasteiger charge is 2.34. The third-order valence-electron chi connectivity index (χ3n) is 4.96. The van der Waals surface area contributed by atoms with Gasteiger partial charge in [-0.1, -0.05) is 30.3 Å². The lowest BCUT2D eigenvalue weighted by Crippen LogP contribution is -2.21. The summed E-state index contributed by atoms with van der Waals surface area (Å²) in [7, 11) is 0. The van der Waals surface area contributed by atoms with Gasteiger partial charge in [-0.2, -0.15) is 0 Å². The third kappa shape index (κ3) is 5.72. The third-order valence-corrected chi connectivity index (χ3v) is 5.61. The minimum Gasteiger partial charge on any atom is -0.463 e. The maximum Gasteiger partial charge on any atom is 0.355 e. The highest BCUT2D eigenvalue weighted by atomic mass is 32.2. The Morgan fingerprint density at radius 2 is 1.62 bits per heavy atom. The van der Waals surface area contributed by atoms with Crippen molar-refractivity contribution >= 4 is 41.2 Å². The summed E-state index contributed by atoms with van der Waals surface area (Å²) in [5, 5.41) is 3.54. The van der Waals surface area contributed by atoms with E-state index in [9.17, 15) is 14.4 Å². The minimum absolute atomic E-state index is 0.216. The molecule has 0 fully saturated rings. The van der Waals surface area contributed by atoms with E-state index in [1.165, 1.54) is 23.9 Å². The van der Waals surface area contributed by atoms with Crippen LogP contribution in [0.4, 0.5) is 5.82 Å². The van der Waals surface area contributed by atoms with Gasteiger partial charge in [0, 0.05) is 19.2 Å². The van der Waals surface area contributed by atoms with Crippen LogP contribution in [0, 0.1) is 0 Å². The average molecular weight is 485 g/mol. The van der Waals surface area contributed by atoms with Gasteiger partial charge < -0.3 is 23.7 Å². The van der Waals surface area contributed by atoms with Crippen LogP contribution in [-0.2, 0) is 25.5 Å². The van der Waals surface area contributed by atoms with E-state index in [1.807, 2.05) is 40.6 Å². The van der Waals surface area contributed by atoms with Gasteiger partial charge in [-0.05, 0) is 43.2 Å². The Kier molecular flexibility index (Phi) is 8.98. The summed E-state index contributed by atoms with van der Waals surface area (Å²) >= 11 is 1.32. The SMILES string of the molecule is CCOC(=O)/C=C\S/C=C(/c1ccccc1)N1CCn2c(C(=O)OCC)cc(C(=O)OCC)c21. The number of hydrogen-bond acceptors (Lipinski definition) is 8. The second-order valence-corrected chi connectivity index (χ2v) is 7.85. The van der Waals surface area contributed by atoms with Crippen molar-refractivity contribution in [3.8, 4) is 0 Å². The summed E-state index contributed by atoms with van der Waals surface area (Å²) in [5.74, 6) is -0.830. The van der Waals surface area contributed by atoms with Crippen LogP contribution in [0.2, 0.25) is 0 Å². The van der Waals surface area contributed by atoms with Gasteiger partial charge in [0.1, 0.15) is 17.1 Å². The van der Waals surface area contributed by atoms with Crippen molar-refractivity contribution in [3.05, 3.63) is 70.1 Å². The fourth-order valence-electron chi connectivity index (χ4n) is 3.62. The topological polar surface area (TPSA) is 87.1 Å². The molecule has 9 heteroatoms. The van der Waals surface area contributed by atoms with Crippen LogP contribution >= 0.6 is 11.8 Å². The van der Waals surface area contributed by atoms with Gasteiger partial charge >= 0.3 is 17.9 Å². The first kappa shape index (κ1) is 25.2. The fraction of sp³-hybridized carbons (Fsp3) is 0.320. The van der Waals surface area contributed by atoms with Gasteiger partial charge in [-0.3, -0.25) is 0 Å². The Morgan fingerprint density at radius 1 is 0.941 bits per heavy atom. The summed E-state index contributed by atoms with van der Waals surface area (Å²) in [6.07, 6.45) is 1.36. The van der Waals surface area contributed by atoms with E-state index in [-0.39, 0.29) is 13.2 Å². The molecule has 0 saturated carbocycles. The maximum atomic E-state index is 12.8. The molecule has 3 rings (SSSR count). The number of hydrogen-bond donors (Lipinski definition) is 0. The first-order valence-electron chi connectivity index (χ1n) is 11.1. The van der Waals surface area contributed by atoms with Crippen LogP contribution in [0.15, 0.2) is 53.3 Å². The van der Waals surface area contributed by atoms with Crippen LogP contribution in [0.3, 0.4) is 0 Å². The largest absolute Gasteiger partial charge is 0.463 e. The van der Waals surface area contributed by atoms with Crippen LogP contribution < -0.4 is 4.90 Å². The lowest BCUT2D eigenvalue weighted by Gasteiger charge is -2.23. The number of aromatic nitrogens is 1. The highest BCUT2D eigenvalue weighted by molar-refractivity contribution is 8.05. The van der Waals surface area contributed by atoms with E-state index < -0.39 is 17.9 Å². The first-order chi connectivity index (χ1) is 16.5. The predicted octanol–water partition coefficient (Wildman–Crippen LogP) is 4.47. The van der Waals surface area contributed by atoms with Crippen molar-refractivity contribution in [3.63, 3.8) is 0 Å². The van der Waals surface area contributed by atoms with E-state index >= 15 is 0 Å². The van der Waals surface area contributed by atoms with Crippen molar-refractivity contribution in [1.29, 1.82) is 0 Å². The molecular formula is C25H28N2O6S. The Balaban J connectivity index is 2.04. The number of thioether (sulfide) groups is 1. The van der Waals surface area contributed by atoms with E-state index in [1.54, 1.807) is 30.7 Å². The summed E-state index contributed by atoms with van der Waals surface area (Å²) in [5.41, 5.74) is 2.35. The molecule has 1 aromatic carbocycles. The number of anilines is 1. The molecule has 0 atom stereocenters. The standard InChI is InChI=1S/C25H28N2O6S/c1-4-31-22(28)12-15-34-17-21(18-10-8-7-9-11-18)27-14-13-26-20(25(30)33-6-3)16-19(23(26)27)24(29)32-5-2/h7-12,15-17H,4-6,13-14H2,1-3H3/b15-12-,21-17-. The number of nitrogens with zero attached hydrogens (tertiary/aromatic N) is 2. The predicted molar refractivity (Wildman–Crippen MR) is 131 cm³/mol. The minimum atomic E-state index is -0.504. The van der Waals surface area contributed by atoms with Gasteiger partial charge in [-0.25, -0.2) is 14.4 Å². The summed E-state index contributed by atoms with van der Waals surface area (Å²) in [6, 6.07) is 11.2. The zero-order valence-corrected chi connectivity index (χ0v) is 20.3. The Labute approximate surface area is 203 Å². The zero-order valence-electron chi connectivity index (χ0n) is 19.5. The van der Waals surface area contributed by atoms with Gasteiger partial charge in [0.05, 0.1) is 25.5 Å². The molecule has 2 aromatic rings. The summed E-state index contributed by atoms with van der Waals surface area (Å²) in [6.45, 7) is 7.02. The molecule has 0 radical (unpaired) electrons. The molecule has 0 unspecified atom stereocenters. The number of carbonyl (C=O) groups excluding carboxylic acids is 3. The lowest BCUT2D eigenvalue weighted by atomic mass is 10.1. The molecule has 1 aliphatic rings. The van der Waals surface area contributed by atoms with Crippen molar-refractivity contribution in [2.75, 3.05) is 31.3 Å². The second-order valence-electron chi connectivity index (χ2n) is 7.07. The lowest BCUT2D eigenvalue weighted by molar-refractivity contribution is -0.137. The van der Waals surface area contributed by atoms with E-state index in [0.29, 0.717) is 36.8 Å². The Bertz CT molecular complexity index is 1090. The van der Waals surface area contributed by atoms with Gasteiger partial charge in [0.2, 0.25) is 0 Å². The van der Waals surface area contributed by atoms with Crippen LogP contribution in [-0.4, -0.2) is 48.8 Å². The number of carbonyl (C=O) groups is 3. The molecule has 1 aliphatic heterocycles. The second kappa shape index (κ2) is 12.1. The maximum absolute atomic E-state index is 12.8. The van der Waals surface area contributed by atoms with E-state index in [2.05, 4.69) is 0 Å². The molecule has 180 valence electrons. The van der Waals surface area contributed by atoms with Crippen LogP contribution in [0.5, 0.6) is 0 Å². The number of esters is 3. The molecule has 0 spiro atoms. The molecule has 34 heavy (non-hydrogen) atoms. The van der Waals surface area contributed by atoms with Gasteiger partial charge in [0.25, 0.3) is 0 Å². The molecule has 0 saturated heterocycles. The first-order valence-corrected chi connectivity index (χ1v) is 12.1. The zero-order chi connectivity index (χ0) is 24.5. The number of benzene rings is 1. The molecule has 0 N–H and O–H groups in total. The van der Waals surface area contributed by atoms with Crippen molar-refractivity contribution in [2.24, 2.45) is 0 Å². The molecule has 0 amide bonds. The quantitative estimate of drug-likeness (QED) is 0.277. The molecule has 2 heterocycles. The van der Waals surface area contributed by atoms with E-state index in [0.717, 1.165) is 11.3 Å². The monoisotopic (exact) mass is 484 g/mol. The highest BCUT2D eigenvalue weighted by Crippen LogP contribution is 2.38. The number of rotatable bonds is 10. The van der Waals surface area contributed by atoms with Crippen LogP contribution in [0.25, 0.3) is 5.70 Å². The van der Waals surface area contributed by atoms with Crippen molar-refractivity contribution in [1.82, 2.24) is 4.57 Å². The molecule has 0 bridgehead atoms. The van der Waals surface area contributed by atoms with Crippen molar-refractivity contribution < 1.29 is 28.6 Å². The van der Waals surface area contributed by atoms with E-state index in [4.69, 9.17) is 14.2 Å². The number of fused-ring (bicyclic) bond motifs is 1. The average Bonchev–Trinajstić information content (AvgIpc) is 3.41.